The maximum Gasteiger partial charge on any atom is 0.144 e. The van der Waals surface area contributed by atoms with Gasteiger partial charge in [0.05, 0.1) is 4.75 Å². The molecule has 16 heavy (non-hydrogen) atoms. The van der Waals surface area contributed by atoms with Crippen molar-refractivity contribution in [2.75, 3.05) is 0 Å². The van der Waals surface area contributed by atoms with Gasteiger partial charge in [0.25, 0.3) is 0 Å². The van der Waals surface area contributed by atoms with E-state index in [9.17, 15) is 4.21 Å². The Balaban J connectivity index is 4.97. The van der Waals surface area contributed by atoms with Gasteiger partial charge in [-0.2, -0.15) is 4.40 Å². The van der Waals surface area contributed by atoms with Crippen LogP contribution in [0.15, 0.2) is 17.1 Å². The number of nitrogens with zero attached hydrogens (tertiary/aromatic N) is 1. The van der Waals surface area contributed by atoms with Crippen LogP contribution in [0.5, 0.6) is 0 Å². The molecule has 0 rings (SSSR count). The zero-order chi connectivity index (χ0) is 13.0. The van der Waals surface area contributed by atoms with E-state index < -0.39 is 11.0 Å². The Morgan fingerprint density at radius 2 is 1.75 bits per heavy atom. The molecule has 1 atom stereocenters. The molecule has 0 spiro atoms. The van der Waals surface area contributed by atoms with E-state index in [-0.39, 0.29) is 10.2 Å². The predicted molar refractivity (Wildman–Crippen MR) is 74.2 cm³/mol. The molecular formula is C13H25NOS. The molecule has 0 aliphatic rings. The molecule has 1 unspecified atom stereocenters. The summed E-state index contributed by atoms with van der Waals surface area (Å²) in [7, 11) is -1.16. The summed E-state index contributed by atoms with van der Waals surface area (Å²) in [4.78, 5) is 0. The number of hydrogen-bond acceptors (Lipinski definition) is 1. The fraction of sp³-hybridized carbons (Fsp3) is 0.769. The molecule has 94 valence electrons. The third-order valence-corrected chi connectivity index (χ3v) is 3.60. The monoisotopic (exact) mass is 243 g/mol. The maximum atomic E-state index is 12.0. The van der Waals surface area contributed by atoms with Gasteiger partial charge in [-0.1, -0.05) is 26.8 Å². The minimum atomic E-state index is -1.16. The quantitative estimate of drug-likeness (QED) is 0.544. The van der Waals surface area contributed by atoms with Crippen LogP contribution in [0.1, 0.15) is 54.4 Å². The van der Waals surface area contributed by atoms with E-state index in [1.807, 2.05) is 26.8 Å². The van der Waals surface area contributed by atoms with E-state index in [1.54, 1.807) is 0 Å². The fourth-order valence-corrected chi connectivity index (χ4v) is 1.87. The van der Waals surface area contributed by atoms with Crippen LogP contribution < -0.4 is 0 Å². The standard InChI is InChI=1S/C13H25NOS/c1-8-9-10-11(12(2,3)4)14-16(15)13(5,6)7/h8H,1,9-10H2,2-7H3/b14-11+. The smallest absolute Gasteiger partial charge is 0.144 e. The van der Waals surface area contributed by atoms with Gasteiger partial charge in [0.2, 0.25) is 0 Å². The molecule has 0 aromatic heterocycles. The minimum Gasteiger partial charge on any atom is -0.234 e. The van der Waals surface area contributed by atoms with Crippen molar-refractivity contribution in [3.05, 3.63) is 12.7 Å². The molecule has 0 saturated carbocycles. The highest BCUT2D eigenvalue weighted by Crippen LogP contribution is 2.23. The van der Waals surface area contributed by atoms with Gasteiger partial charge >= 0.3 is 0 Å². The molecule has 0 aromatic carbocycles. The van der Waals surface area contributed by atoms with Gasteiger partial charge in [0.15, 0.2) is 0 Å². The summed E-state index contributed by atoms with van der Waals surface area (Å²) >= 11 is 0. The topological polar surface area (TPSA) is 29.4 Å². The molecule has 0 radical (unpaired) electrons. The Hall–Kier alpha value is -0.440. The lowest BCUT2D eigenvalue weighted by molar-refractivity contribution is 0.576. The molecular weight excluding hydrogens is 218 g/mol. The Bertz CT molecular complexity index is 292. The van der Waals surface area contributed by atoms with E-state index >= 15 is 0 Å². The maximum absolute atomic E-state index is 12.0. The summed E-state index contributed by atoms with van der Waals surface area (Å²) in [5.41, 5.74) is 0.991. The van der Waals surface area contributed by atoms with Gasteiger partial charge in [0.1, 0.15) is 11.0 Å². The highest BCUT2D eigenvalue weighted by Gasteiger charge is 2.24. The SMILES string of the molecule is C=CCC/C(=N\S(=O)C(C)(C)C)C(C)(C)C. The summed E-state index contributed by atoms with van der Waals surface area (Å²) < 4.78 is 16.1. The molecule has 0 N–H and O–H groups in total. The van der Waals surface area contributed by atoms with Crippen LogP contribution in [-0.4, -0.2) is 14.7 Å². The van der Waals surface area contributed by atoms with Crippen LogP contribution in [0.4, 0.5) is 0 Å². The average molecular weight is 243 g/mol. The van der Waals surface area contributed by atoms with Gasteiger partial charge in [-0.05, 0) is 33.6 Å². The van der Waals surface area contributed by atoms with Gasteiger partial charge < -0.3 is 0 Å². The first-order chi connectivity index (χ1) is 7.09. The predicted octanol–water partition coefficient (Wildman–Crippen LogP) is 3.90. The van der Waals surface area contributed by atoms with Crippen molar-refractivity contribution >= 4 is 16.7 Å². The fourth-order valence-electron chi connectivity index (χ4n) is 1.03. The number of hydrogen-bond donors (Lipinski definition) is 0. The van der Waals surface area contributed by atoms with E-state index in [0.29, 0.717) is 0 Å². The van der Waals surface area contributed by atoms with Crippen molar-refractivity contribution in [2.24, 2.45) is 9.81 Å². The highest BCUT2D eigenvalue weighted by atomic mass is 32.2. The second kappa shape index (κ2) is 5.76. The normalized spacial score (nSPS) is 16.0. The molecule has 3 heteroatoms. The molecule has 0 heterocycles. The number of allylic oxidation sites excluding steroid dienone is 1. The summed E-state index contributed by atoms with van der Waals surface area (Å²) in [6.07, 6.45) is 3.60. The Labute approximate surface area is 103 Å². The first-order valence-electron chi connectivity index (χ1n) is 5.70. The lowest BCUT2D eigenvalue weighted by Crippen LogP contribution is -2.25. The molecule has 0 fully saturated rings. The molecule has 0 bridgehead atoms. The lowest BCUT2D eigenvalue weighted by atomic mass is 9.87. The summed E-state index contributed by atoms with van der Waals surface area (Å²) in [5.74, 6) is 0. The third-order valence-electron chi connectivity index (χ3n) is 2.17. The first kappa shape index (κ1) is 15.6. The Morgan fingerprint density at radius 3 is 2.06 bits per heavy atom. The van der Waals surface area contributed by atoms with E-state index in [4.69, 9.17) is 0 Å². The molecule has 2 nitrogen and oxygen atoms in total. The van der Waals surface area contributed by atoms with Crippen molar-refractivity contribution < 1.29 is 4.21 Å². The molecule has 0 aromatic rings. The van der Waals surface area contributed by atoms with E-state index in [2.05, 4.69) is 31.7 Å². The zero-order valence-corrected chi connectivity index (χ0v) is 12.3. The third kappa shape index (κ3) is 5.59. The van der Waals surface area contributed by atoms with Crippen LogP contribution in [0.2, 0.25) is 0 Å². The van der Waals surface area contributed by atoms with Crippen molar-refractivity contribution in [2.45, 2.75) is 59.1 Å². The Kier molecular flexibility index (Phi) is 5.60. The largest absolute Gasteiger partial charge is 0.234 e. The van der Waals surface area contributed by atoms with Crippen molar-refractivity contribution in [1.29, 1.82) is 0 Å². The highest BCUT2D eigenvalue weighted by molar-refractivity contribution is 7.85. The van der Waals surface area contributed by atoms with Crippen molar-refractivity contribution in [3.63, 3.8) is 0 Å². The zero-order valence-electron chi connectivity index (χ0n) is 11.5. The van der Waals surface area contributed by atoms with Gasteiger partial charge in [0, 0.05) is 11.1 Å². The Morgan fingerprint density at radius 1 is 1.25 bits per heavy atom. The van der Waals surface area contributed by atoms with Crippen LogP contribution in [0, 0.1) is 5.41 Å². The minimum absolute atomic E-state index is 0.0239. The second-order valence-corrected chi connectivity index (χ2v) is 7.88. The van der Waals surface area contributed by atoms with Gasteiger partial charge in [-0.25, -0.2) is 4.21 Å². The average Bonchev–Trinajstić information content (AvgIpc) is 2.08. The van der Waals surface area contributed by atoms with Crippen molar-refractivity contribution in [1.82, 2.24) is 0 Å². The summed E-state index contributed by atoms with van der Waals surface area (Å²) in [6, 6.07) is 0. The molecule has 0 aliphatic heterocycles. The number of rotatable bonds is 4. The lowest BCUT2D eigenvalue weighted by Gasteiger charge is -2.23. The molecule has 0 saturated heterocycles. The van der Waals surface area contributed by atoms with Crippen LogP contribution in [0.3, 0.4) is 0 Å². The van der Waals surface area contributed by atoms with Crippen LogP contribution >= 0.6 is 0 Å². The molecule has 0 aliphatic carbocycles. The van der Waals surface area contributed by atoms with Crippen LogP contribution in [0.25, 0.3) is 0 Å². The van der Waals surface area contributed by atoms with Crippen LogP contribution in [-0.2, 0) is 11.0 Å². The van der Waals surface area contributed by atoms with Crippen molar-refractivity contribution in [3.8, 4) is 0 Å². The second-order valence-electron chi connectivity index (χ2n) is 5.98. The van der Waals surface area contributed by atoms with E-state index in [0.717, 1.165) is 18.6 Å². The van der Waals surface area contributed by atoms with Gasteiger partial charge in [-0.3, -0.25) is 0 Å². The first-order valence-corrected chi connectivity index (χ1v) is 6.80. The molecule has 0 amide bonds. The van der Waals surface area contributed by atoms with Gasteiger partial charge in [-0.15, -0.1) is 6.58 Å². The summed E-state index contributed by atoms with van der Waals surface area (Å²) in [5, 5.41) is 0. The van der Waals surface area contributed by atoms with E-state index in [1.165, 1.54) is 0 Å². The summed E-state index contributed by atoms with van der Waals surface area (Å²) in [6.45, 7) is 15.9.